The van der Waals surface area contributed by atoms with Gasteiger partial charge in [-0.1, -0.05) is 12.1 Å². The van der Waals surface area contributed by atoms with Crippen molar-refractivity contribution >= 4 is 5.69 Å². The number of anilines is 1. The third-order valence-corrected chi connectivity index (χ3v) is 4.55. The number of likely N-dealkylation sites (tertiary alicyclic amines) is 1. The zero-order valence-electron chi connectivity index (χ0n) is 11.1. The maximum atomic E-state index is 5.96. The number of nitrogen functional groups attached to an aromatic ring is 1. The third-order valence-electron chi connectivity index (χ3n) is 4.55. The molecule has 2 saturated heterocycles. The number of benzene rings is 1. The number of nitrogens with zero attached hydrogens (tertiary/aromatic N) is 1. The van der Waals surface area contributed by atoms with Gasteiger partial charge in [-0.25, -0.2) is 0 Å². The van der Waals surface area contributed by atoms with Gasteiger partial charge in [0.05, 0.1) is 0 Å². The topological polar surface area (TPSA) is 38.5 Å². The van der Waals surface area contributed by atoms with Crippen molar-refractivity contribution in [3.8, 4) is 0 Å². The Bertz CT molecular complexity index is 430. The van der Waals surface area contributed by atoms with E-state index in [4.69, 9.17) is 10.5 Å². The van der Waals surface area contributed by atoms with Crippen molar-refractivity contribution in [3.05, 3.63) is 29.3 Å². The highest BCUT2D eigenvalue weighted by Gasteiger charge is 2.43. The molecule has 18 heavy (non-hydrogen) atoms. The van der Waals surface area contributed by atoms with Crippen LogP contribution in [0.3, 0.4) is 0 Å². The zero-order chi connectivity index (χ0) is 12.6. The second-order valence-corrected chi connectivity index (χ2v) is 5.89. The Morgan fingerprint density at radius 1 is 1.28 bits per heavy atom. The van der Waals surface area contributed by atoms with E-state index in [1.54, 1.807) is 0 Å². The van der Waals surface area contributed by atoms with Crippen LogP contribution in [-0.4, -0.2) is 31.2 Å². The van der Waals surface area contributed by atoms with Crippen molar-refractivity contribution in [3.63, 3.8) is 0 Å². The van der Waals surface area contributed by atoms with E-state index in [-0.39, 0.29) is 0 Å². The van der Waals surface area contributed by atoms with Gasteiger partial charge in [0.25, 0.3) is 0 Å². The summed E-state index contributed by atoms with van der Waals surface area (Å²) in [4.78, 5) is 2.53. The van der Waals surface area contributed by atoms with Crippen LogP contribution in [0, 0.1) is 12.3 Å². The SMILES string of the molecule is Cc1c(N)cccc1CN1CC2(CCOCC2)C1. The van der Waals surface area contributed by atoms with E-state index in [1.165, 1.54) is 37.1 Å². The Morgan fingerprint density at radius 3 is 2.72 bits per heavy atom. The lowest BCUT2D eigenvalue weighted by molar-refractivity contribution is -0.0839. The molecule has 0 amide bonds. The van der Waals surface area contributed by atoms with Gasteiger partial charge in [-0.2, -0.15) is 0 Å². The minimum Gasteiger partial charge on any atom is -0.399 e. The van der Waals surface area contributed by atoms with Gasteiger partial charge >= 0.3 is 0 Å². The highest BCUT2D eigenvalue weighted by molar-refractivity contribution is 5.49. The summed E-state index contributed by atoms with van der Waals surface area (Å²) < 4.78 is 5.45. The van der Waals surface area contributed by atoms with Gasteiger partial charge < -0.3 is 10.5 Å². The predicted octanol–water partition coefficient (Wildman–Crippen LogP) is 2.19. The Kier molecular flexibility index (Phi) is 3.04. The predicted molar refractivity (Wildman–Crippen MR) is 73.4 cm³/mol. The van der Waals surface area contributed by atoms with E-state index in [9.17, 15) is 0 Å². The highest BCUT2D eigenvalue weighted by atomic mass is 16.5. The van der Waals surface area contributed by atoms with E-state index < -0.39 is 0 Å². The number of ether oxygens (including phenoxy) is 1. The van der Waals surface area contributed by atoms with Crippen LogP contribution in [0.2, 0.25) is 0 Å². The van der Waals surface area contributed by atoms with Gasteiger partial charge in [0, 0.05) is 44.0 Å². The minimum absolute atomic E-state index is 0.562. The van der Waals surface area contributed by atoms with Crippen molar-refractivity contribution in [2.24, 2.45) is 5.41 Å². The summed E-state index contributed by atoms with van der Waals surface area (Å²) in [5.74, 6) is 0. The Morgan fingerprint density at radius 2 is 2.00 bits per heavy atom. The molecule has 3 rings (SSSR count). The first-order valence-electron chi connectivity index (χ1n) is 6.83. The standard InChI is InChI=1S/C15H22N2O/c1-12-13(3-2-4-14(12)16)9-17-10-15(11-17)5-7-18-8-6-15/h2-4H,5-11,16H2,1H3. The van der Waals surface area contributed by atoms with Gasteiger partial charge in [-0.05, 0) is 37.0 Å². The first-order chi connectivity index (χ1) is 8.69. The molecule has 0 aliphatic carbocycles. The molecule has 0 unspecified atom stereocenters. The third kappa shape index (κ3) is 2.13. The van der Waals surface area contributed by atoms with Crippen LogP contribution in [0.4, 0.5) is 5.69 Å². The summed E-state index contributed by atoms with van der Waals surface area (Å²) >= 11 is 0. The molecule has 3 nitrogen and oxygen atoms in total. The molecule has 3 heteroatoms. The second-order valence-electron chi connectivity index (χ2n) is 5.89. The molecular weight excluding hydrogens is 224 g/mol. The molecule has 2 N–H and O–H groups in total. The summed E-state index contributed by atoms with van der Waals surface area (Å²) in [6.07, 6.45) is 2.47. The highest BCUT2D eigenvalue weighted by Crippen LogP contribution is 2.40. The smallest absolute Gasteiger partial charge is 0.0472 e. The lowest BCUT2D eigenvalue weighted by Gasteiger charge is -2.52. The van der Waals surface area contributed by atoms with Crippen molar-refractivity contribution in [2.45, 2.75) is 26.3 Å². The van der Waals surface area contributed by atoms with Gasteiger partial charge in [0.2, 0.25) is 0 Å². The van der Waals surface area contributed by atoms with Crippen molar-refractivity contribution in [1.29, 1.82) is 0 Å². The van der Waals surface area contributed by atoms with E-state index >= 15 is 0 Å². The Labute approximate surface area is 109 Å². The lowest BCUT2D eigenvalue weighted by Crippen LogP contribution is -2.57. The quantitative estimate of drug-likeness (QED) is 0.813. The maximum Gasteiger partial charge on any atom is 0.0472 e. The van der Waals surface area contributed by atoms with E-state index in [0.717, 1.165) is 25.4 Å². The van der Waals surface area contributed by atoms with Gasteiger partial charge in [0.15, 0.2) is 0 Å². The molecule has 2 heterocycles. The molecule has 2 fully saturated rings. The number of hydrogen-bond donors (Lipinski definition) is 1. The summed E-state index contributed by atoms with van der Waals surface area (Å²) in [7, 11) is 0. The number of rotatable bonds is 2. The Balaban J connectivity index is 1.61. The van der Waals surface area contributed by atoms with Crippen LogP contribution in [0.25, 0.3) is 0 Å². The molecule has 0 saturated carbocycles. The molecule has 0 radical (unpaired) electrons. The van der Waals surface area contributed by atoms with E-state index in [1.807, 2.05) is 6.07 Å². The average Bonchev–Trinajstić information content (AvgIpc) is 2.34. The van der Waals surface area contributed by atoms with Crippen molar-refractivity contribution in [2.75, 3.05) is 32.0 Å². The monoisotopic (exact) mass is 246 g/mol. The molecule has 1 spiro atoms. The van der Waals surface area contributed by atoms with Crippen molar-refractivity contribution < 1.29 is 4.74 Å². The molecular formula is C15H22N2O. The largest absolute Gasteiger partial charge is 0.399 e. The average molecular weight is 246 g/mol. The first-order valence-corrected chi connectivity index (χ1v) is 6.83. The second kappa shape index (κ2) is 4.56. The molecule has 2 aliphatic heterocycles. The molecule has 0 atom stereocenters. The molecule has 2 aliphatic rings. The molecule has 98 valence electrons. The van der Waals surface area contributed by atoms with Crippen LogP contribution in [0.15, 0.2) is 18.2 Å². The fraction of sp³-hybridized carbons (Fsp3) is 0.600. The normalized spacial score (nSPS) is 22.9. The number of nitrogens with two attached hydrogens (primary N) is 1. The zero-order valence-corrected chi connectivity index (χ0v) is 11.1. The first kappa shape index (κ1) is 12.0. The summed E-state index contributed by atoms with van der Waals surface area (Å²) in [5, 5.41) is 0. The molecule has 0 bridgehead atoms. The fourth-order valence-electron chi connectivity index (χ4n) is 3.25. The number of hydrogen-bond acceptors (Lipinski definition) is 3. The minimum atomic E-state index is 0.562. The van der Waals surface area contributed by atoms with Crippen LogP contribution in [-0.2, 0) is 11.3 Å². The fourth-order valence-corrected chi connectivity index (χ4v) is 3.25. The van der Waals surface area contributed by atoms with E-state index in [2.05, 4.69) is 24.0 Å². The summed E-state index contributed by atoms with van der Waals surface area (Å²) in [6.45, 7) is 7.51. The molecule has 1 aromatic rings. The van der Waals surface area contributed by atoms with Crippen LogP contribution < -0.4 is 5.73 Å². The van der Waals surface area contributed by atoms with Crippen LogP contribution in [0.5, 0.6) is 0 Å². The lowest BCUT2D eigenvalue weighted by atomic mass is 9.73. The summed E-state index contributed by atoms with van der Waals surface area (Å²) in [6, 6.07) is 6.23. The summed E-state index contributed by atoms with van der Waals surface area (Å²) in [5.41, 5.74) is 10.0. The Hall–Kier alpha value is -1.06. The molecule has 1 aromatic carbocycles. The van der Waals surface area contributed by atoms with Crippen LogP contribution in [0.1, 0.15) is 24.0 Å². The van der Waals surface area contributed by atoms with Crippen LogP contribution >= 0.6 is 0 Å². The van der Waals surface area contributed by atoms with E-state index in [0.29, 0.717) is 5.41 Å². The molecule has 0 aromatic heterocycles. The maximum absolute atomic E-state index is 5.96. The van der Waals surface area contributed by atoms with Gasteiger partial charge in [0.1, 0.15) is 0 Å². The van der Waals surface area contributed by atoms with Gasteiger partial charge in [-0.15, -0.1) is 0 Å². The van der Waals surface area contributed by atoms with Gasteiger partial charge in [-0.3, -0.25) is 4.90 Å². The van der Waals surface area contributed by atoms with Crippen molar-refractivity contribution in [1.82, 2.24) is 4.90 Å².